The van der Waals surface area contributed by atoms with Crippen LogP contribution in [0.5, 0.6) is 0 Å². The average Bonchev–Trinajstić information content (AvgIpc) is 2.56. The molecular formula is C15H16Cl2N4O3. The molecule has 0 aromatic heterocycles. The number of anilines is 1. The maximum absolute atomic E-state index is 12.5. The molecule has 7 nitrogen and oxygen atoms in total. The summed E-state index contributed by atoms with van der Waals surface area (Å²) in [5.74, 6) is -0.668. The van der Waals surface area contributed by atoms with E-state index in [4.69, 9.17) is 23.2 Å². The van der Waals surface area contributed by atoms with E-state index >= 15 is 0 Å². The van der Waals surface area contributed by atoms with Crippen LogP contribution in [0.15, 0.2) is 18.2 Å². The van der Waals surface area contributed by atoms with Gasteiger partial charge in [0.2, 0.25) is 11.8 Å². The molecule has 0 bridgehead atoms. The number of hydrogen-bond acceptors (Lipinski definition) is 4. The van der Waals surface area contributed by atoms with Crippen LogP contribution < -0.4 is 15.5 Å². The lowest BCUT2D eigenvalue weighted by molar-refractivity contribution is -0.136. The van der Waals surface area contributed by atoms with Gasteiger partial charge in [-0.1, -0.05) is 23.2 Å². The van der Waals surface area contributed by atoms with Gasteiger partial charge in [0.25, 0.3) is 0 Å². The fraction of sp³-hybridized carbons (Fsp3) is 0.400. The molecule has 0 radical (unpaired) electrons. The van der Waals surface area contributed by atoms with Crippen molar-refractivity contribution in [3.05, 3.63) is 28.2 Å². The highest BCUT2D eigenvalue weighted by atomic mass is 35.5. The van der Waals surface area contributed by atoms with Gasteiger partial charge in [0, 0.05) is 31.9 Å². The third-order valence-electron chi connectivity index (χ3n) is 4.11. The minimum Gasteiger partial charge on any atom is -0.368 e. The van der Waals surface area contributed by atoms with Crippen molar-refractivity contribution in [3.8, 4) is 0 Å². The molecule has 3 rings (SSSR count). The summed E-state index contributed by atoms with van der Waals surface area (Å²) in [5.41, 5.74) is 0.946. The fourth-order valence-electron chi connectivity index (χ4n) is 2.84. The molecule has 1 atom stereocenters. The SMILES string of the molecule is O=C1C[C@@H](C(=O)N2CCN(c3ccc(Cl)c(Cl)c3)CC2)NC(=O)N1. The molecule has 2 heterocycles. The summed E-state index contributed by atoms with van der Waals surface area (Å²) < 4.78 is 0. The number of carbonyl (C=O) groups is 3. The van der Waals surface area contributed by atoms with Crippen LogP contribution in [0.3, 0.4) is 0 Å². The first-order valence-electron chi connectivity index (χ1n) is 7.53. The van der Waals surface area contributed by atoms with E-state index in [9.17, 15) is 14.4 Å². The van der Waals surface area contributed by atoms with Gasteiger partial charge in [0.05, 0.1) is 16.5 Å². The quantitative estimate of drug-likeness (QED) is 0.820. The van der Waals surface area contributed by atoms with Crippen molar-refractivity contribution in [3.63, 3.8) is 0 Å². The molecule has 2 N–H and O–H groups in total. The maximum atomic E-state index is 12.5. The second-order valence-electron chi connectivity index (χ2n) is 5.69. The lowest BCUT2D eigenvalue weighted by Gasteiger charge is -2.38. The summed E-state index contributed by atoms with van der Waals surface area (Å²) >= 11 is 12.0. The minimum absolute atomic E-state index is 0.0302. The Morgan fingerprint density at radius 3 is 2.42 bits per heavy atom. The first kappa shape index (κ1) is 16.9. The second-order valence-corrected chi connectivity index (χ2v) is 6.50. The Kier molecular flexibility index (Phi) is 4.82. The summed E-state index contributed by atoms with van der Waals surface area (Å²) in [4.78, 5) is 38.9. The van der Waals surface area contributed by atoms with Crippen molar-refractivity contribution in [2.45, 2.75) is 12.5 Å². The van der Waals surface area contributed by atoms with Crippen molar-refractivity contribution in [2.75, 3.05) is 31.1 Å². The standard InChI is InChI=1S/C15H16Cl2N4O3/c16-10-2-1-9(7-11(10)17)20-3-5-21(6-4-20)14(23)12-8-13(22)19-15(24)18-12/h1-2,7,12H,3-6,8H2,(H2,18,19,22,24)/t12-/m0/s1. The molecule has 2 aliphatic rings. The molecule has 0 aliphatic carbocycles. The van der Waals surface area contributed by atoms with E-state index in [1.165, 1.54) is 0 Å². The van der Waals surface area contributed by atoms with Gasteiger partial charge in [-0.15, -0.1) is 0 Å². The highest BCUT2D eigenvalue weighted by molar-refractivity contribution is 6.42. The second kappa shape index (κ2) is 6.86. The Morgan fingerprint density at radius 1 is 1.08 bits per heavy atom. The topological polar surface area (TPSA) is 81.8 Å². The molecular weight excluding hydrogens is 355 g/mol. The Morgan fingerprint density at radius 2 is 1.79 bits per heavy atom. The number of nitrogens with one attached hydrogen (secondary N) is 2. The number of benzene rings is 1. The van der Waals surface area contributed by atoms with Crippen LogP contribution in [-0.2, 0) is 9.59 Å². The van der Waals surface area contributed by atoms with Crippen LogP contribution in [0.2, 0.25) is 10.0 Å². The molecule has 2 fully saturated rings. The van der Waals surface area contributed by atoms with Gasteiger partial charge in [0.1, 0.15) is 6.04 Å². The summed E-state index contributed by atoms with van der Waals surface area (Å²) in [7, 11) is 0. The molecule has 0 saturated carbocycles. The number of rotatable bonds is 2. The molecule has 2 aliphatic heterocycles. The molecule has 1 aromatic carbocycles. The maximum Gasteiger partial charge on any atom is 0.322 e. The summed E-state index contributed by atoms with van der Waals surface area (Å²) in [6, 6.07) is 4.01. The monoisotopic (exact) mass is 370 g/mol. The summed E-state index contributed by atoms with van der Waals surface area (Å²) in [6.45, 7) is 2.28. The third kappa shape index (κ3) is 3.57. The van der Waals surface area contributed by atoms with Crippen molar-refractivity contribution in [2.24, 2.45) is 0 Å². The van der Waals surface area contributed by atoms with Gasteiger partial charge in [0.15, 0.2) is 0 Å². The van der Waals surface area contributed by atoms with Crippen LogP contribution in [-0.4, -0.2) is 55.0 Å². The lowest BCUT2D eigenvalue weighted by Crippen LogP contribution is -2.60. The average molecular weight is 371 g/mol. The Bertz CT molecular complexity index is 673. The van der Waals surface area contributed by atoms with E-state index in [0.717, 1.165) is 5.69 Å². The van der Waals surface area contributed by atoms with Crippen LogP contribution in [0, 0.1) is 0 Å². The Balaban J connectivity index is 1.60. The zero-order valence-electron chi connectivity index (χ0n) is 12.7. The molecule has 2 saturated heterocycles. The number of hydrogen-bond donors (Lipinski definition) is 2. The van der Waals surface area contributed by atoms with E-state index < -0.39 is 18.0 Å². The molecule has 4 amide bonds. The van der Waals surface area contributed by atoms with E-state index in [0.29, 0.717) is 36.2 Å². The van der Waals surface area contributed by atoms with E-state index in [-0.39, 0.29) is 12.3 Å². The van der Waals surface area contributed by atoms with Crippen LogP contribution >= 0.6 is 23.2 Å². The van der Waals surface area contributed by atoms with Crippen molar-refractivity contribution < 1.29 is 14.4 Å². The lowest BCUT2D eigenvalue weighted by atomic mass is 10.1. The number of urea groups is 1. The van der Waals surface area contributed by atoms with Crippen LogP contribution in [0.4, 0.5) is 10.5 Å². The first-order valence-corrected chi connectivity index (χ1v) is 8.29. The van der Waals surface area contributed by atoms with Crippen molar-refractivity contribution in [1.82, 2.24) is 15.5 Å². The van der Waals surface area contributed by atoms with Gasteiger partial charge < -0.3 is 15.1 Å². The van der Waals surface area contributed by atoms with Crippen molar-refractivity contribution in [1.29, 1.82) is 0 Å². The summed E-state index contributed by atoms with van der Waals surface area (Å²) in [6.07, 6.45) is -0.0302. The van der Waals surface area contributed by atoms with Gasteiger partial charge in [-0.3, -0.25) is 14.9 Å². The summed E-state index contributed by atoms with van der Waals surface area (Å²) in [5, 5.41) is 5.60. The number of nitrogens with zero attached hydrogens (tertiary/aromatic N) is 2. The molecule has 128 valence electrons. The van der Waals surface area contributed by atoms with Gasteiger partial charge in [-0.25, -0.2) is 4.79 Å². The first-order chi connectivity index (χ1) is 11.4. The van der Waals surface area contributed by atoms with Gasteiger partial charge in [-0.05, 0) is 18.2 Å². The predicted molar refractivity (Wildman–Crippen MR) is 90.3 cm³/mol. The highest BCUT2D eigenvalue weighted by Crippen LogP contribution is 2.27. The molecule has 0 spiro atoms. The molecule has 9 heteroatoms. The third-order valence-corrected chi connectivity index (χ3v) is 4.84. The van der Waals surface area contributed by atoms with E-state index in [2.05, 4.69) is 15.5 Å². The Hall–Kier alpha value is -1.99. The number of piperazine rings is 1. The smallest absolute Gasteiger partial charge is 0.322 e. The number of amides is 4. The van der Waals surface area contributed by atoms with Gasteiger partial charge >= 0.3 is 6.03 Å². The largest absolute Gasteiger partial charge is 0.368 e. The number of halogens is 2. The van der Waals surface area contributed by atoms with Crippen molar-refractivity contribution >= 4 is 46.7 Å². The van der Waals surface area contributed by atoms with Gasteiger partial charge in [-0.2, -0.15) is 0 Å². The van der Waals surface area contributed by atoms with Crippen LogP contribution in [0.1, 0.15) is 6.42 Å². The zero-order chi connectivity index (χ0) is 17.3. The van der Waals surface area contributed by atoms with E-state index in [1.807, 2.05) is 6.07 Å². The zero-order valence-corrected chi connectivity index (χ0v) is 14.2. The van der Waals surface area contributed by atoms with Crippen LogP contribution in [0.25, 0.3) is 0 Å². The normalized spacial score (nSPS) is 21.3. The molecule has 24 heavy (non-hydrogen) atoms. The number of imide groups is 1. The molecule has 1 aromatic rings. The minimum atomic E-state index is -0.789. The Labute approximate surface area is 148 Å². The molecule has 0 unspecified atom stereocenters. The highest BCUT2D eigenvalue weighted by Gasteiger charge is 2.33. The number of carbonyl (C=O) groups excluding carboxylic acids is 3. The van der Waals surface area contributed by atoms with E-state index in [1.54, 1.807) is 17.0 Å². The predicted octanol–water partition coefficient (Wildman–Crippen LogP) is 1.24. The fourth-order valence-corrected chi connectivity index (χ4v) is 3.14.